The Morgan fingerprint density at radius 2 is 1.61 bits per heavy atom. The monoisotopic (exact) mass is 529 g/mol. The summed E-state index contributed by atoms with van der Waals surface area (Å²) < 4.78 is 39.0. The fourth-order valence-corrected chi connectivity index (χ4v) is 6.45. The second-order valence-electron chi connectivity index (χ2n) is 9.11. The molecule has 0 aromatic heterocycles. The molecular formula is C30H27NO6S. The second kappa shape index (κ2) is 10.8. The number of methoxy groups -OCH3 is 1. The van der Waals surface area contributed by atoms with E-state index in [1.54, 1.807) is 49.6 Å². The first-order valence-electron chi connectivity index (χ1n) is 12.3. The topological polar surface area (TPSA) is 90.0 Å². The quantitative estimate of drug-likeness (QED) is 0.237. The molecule has 8 heteroatoms. The van der Waals surface area contributed by atoms with Crippen LogP contribution < -0.4 is 4.74 Å². The van der Waals surface area contributed by atoms with Gasteiger partial charge in [0.15, 0.2) is 12.4 Å². The molecule has 1 aliphatic heterocycles. The molecule has 0 bridgehead atoms. The van der Waals surface area contributed by atoms with Crippen molar-refractivity contribution in [1.82, 2.24) is 4.31 Å². The fraction of sp³-hybridized carbons (Fsp3) is 0.200. The number of benzene rings is 4. The maximum absolute atomic E-state index is 13.5. The molecule has 38 heavy (non-hydrogen) atoms. The predicted octanol–water partition coefficient (Wildman–Crippen LogP) is 4.95. The summed E-state index contributed by atoms with van der Waals surface area (Å²) in [4.78, 5) is 25.9. The highest BCUT2D eigenvalue weighted by Gasteiger charge is 2.37. The second-order valence-corrected chi connectivity index (χ2v) is 11.0. The highest BCUT2D eigenvalue weighted by Crippen LogP contribution is 2.36. The molecule has 4 aromatic rings. The molecule has 0 spiro atoms. The third-order valence-electron chi connectivity index (χ3n) is 6.81. The van der Waals surface area contributed by atoms with Crippen LogP contribution in [0.4, 0.5) is 0 Å². The number of esters is 1. The SMILES string of the molecule is COc1ccc2cc(C(=O)COC(=O)CC3c4ccccc4CCN3S(=O)(=O)c3ccccc3)ccc2c1. The lowest BCUT2D eigenvalue weighted by atomic mass is 9.92. The van der Waals surface area contributed by atoms with Gasteiger partial charge in [0.25, 0.3) is 0 Å². The number of hydrogen-bond acceptors (Lipinski definition) is 6. The summed E-state index contributed by atoms with van der Waals surface area (Å²) in [7, 11) is -2.26. The van der Waals surface area contributed by atoms with E-state index in [9.17, 15) is 18.0 Å². The molecule has 0 saturated carbocycles. The van der Waals surface area contributed by atoms with E-state index >= 15 is 0 Å². The summed E-state index contributed by atoms with van der Waals surface area (Å²) in [6.07, 6.45) is 0.341. The van der Waals surface area contributed by atoms with E-state index in [4.69, 9.17) is 9.47 Å². The minimum absolute atomic E-state index is 0.168. The van der Waals surface area contributed by atoms with Crippen molar-refractivity contribution in [2.45, 2.75) is 23.8 Å². The van der Waals surface area contributed by atoms with Gasteiger partial charge in [-0.1, -0.05) is 60.7 Å². The number of carbonyl (C=O) groups excluding carboxylic acids is 2. The number of sulfonamides is 1. The highest BCUT2D eigenvalue weighted by molar-refractivity contribution is 7.89. The van der Waals surface area contributed by atoms with Crippen molar-refractivity contribution in [1.29, 1.82) is 0 Å². The smallest absolute Gasteiger partial charge is 0.308 e. The third-order valence-corrected chi connectivity index (χ3v) is 8.73. The summed E-state index contributed by atoms with van der Waals surface area (Å²) in [5.41, 5.74) is 2.19. The lowest BCUT2D eigenvalue weighted by molar-refractivity contribution is -0.143. The van der Waals surface area contributed by atoms with Crippen LogP contribution in [0.1, 0.15) is 33.9 Å². The van der Waals surface area contributed by atoms with Crippen molar-refractivity contribution in [3.05, 3.63) is 108 Å². The van der Waals surface area contributed by atoms with Crippen LogP contribution in [0, 0.1) is 0 Å². The zero-order valence-corrected chi connectivity index (χ0v) is 21.7. The molecule has 1 atom stereocenters. The zero-order valence-electron chi connectivity index (χ0n) is 20.9. The zero-order chi connectivity index (χ0) is 26.7. The molecule has 1 aliphatic rings. The number of nitrogens with zero attached hydrogens (tertiary/aromatic N) is 1. The van der Waals surface area contributed by atoms with Gasteiger partial charge in [-0.25, -0.2) is 8.42 Å². The van der Waals surface area contributed by atoms with Crippen LogP contribution in [0.3, 0.4) is 0 Å². The Kier molecular flexibility index (Phi) is 7.26. The standard InChI is InChI=1S/C30H27NO6S/c1-36-25-14-13-22-17-24(12-11-23(22)18-25)29(32)20-37-30(33)19-28-27-10-6-5-7-21(27)15-16-31(28)38(34,35)26-8-3-2-4-9-26/h2-14,17-18,28H,15-16,19-20H2,1H3. The summed E-state index contributed by atoms with van der Waals surface area (Å²) in [6.45, 7) is -0.187. The average Bonchev–Trinajstić information content (AvgIpc) is 2.95. The Bertz CT molecular complexity index is 1600. The molecular weight excluding hydrogens is 502 g/mol. The summed E-state index contributed by atoms with van der Waals surface area (Å²) in [6, 6.07) is 25.8. The van der Waals surface area contributed by atoms with Crippen molar-refractivity contribution in [3.63, 3.8) is 0 Å². The molecule has 0 radical (unpaired) electrons. The van der Waals surface area contributed by atoms with E-state index < -0.39 is 28.6 Å². The first-order valence-corrected chi connectivity index (χ1v) is 13.7. The lowest BCUT2D eigenvalue weighted by Gasteiger charge is -2.36. The first kappa shape index (κ1) is 25.6. The Labute approximate surface area is 221 Å². The Morgan fingerprint density at radius 3 is 2.39 bits per heavy atom. The number of rotatable bonds is 8. The molecule has 0 amide bonds. The summed E-state index contributed by atoms with van der Waals surface area (Å²) >= 11 is 0. The third kappa shape index (κ3) is 5.18. The average molecular weight is 530 g/mol. The van der Waals surface area contributed by atoms with Gasteiger partial charge < -0.3 is 9.47 Å². The molecule has 1 heterocycles. The van der Waals surface area contributed by atoms with Crippen LogP contribution in [0.25, 0.3) is 10.8 Å². The largest absolute Gasteiger partial charge is 0.497 e. The molecule has 194 valence electrons. The number of hydrogen-bond donors (Lipinski definition) is 0. The van der Waals surface area contributed by atoms with E-state index in [1.165, 1.54) is 4.31 Å². The molecule has 4 aromatic carbocycles. The molecule has 1 unspecified atom stereocenters. The Balaban J connectivity index is 1.32. The fourth-order valence-electron chi connectivity index (χ4n) is 4.83. The minimum Gasteiger partial charge on any atom is -0.497 e. The van der Waals surface area contributed by atoms with Gasteiger partial charge in [0.05, 0.1) is 24.5 Å². The van der Waals surface area contributed by atoms with Gasteiger partial charge in [-0.3, -0.25) is 9.59 Å². The molecule has 0 saturated heterocycles. The van der Waals surface area contributed by atoms with Gasteiger partial charge in [0.1, 0.15) is 5.75 Å². The molecule has 0 aliphatic carbocycles. The van der Waals surface area contributed by atoms with E-state index in [0.29, 0.717) is 12.0 Å². The van der Waals surface area contributed by atoms with Crippen LogP contribution >= 0.6 is 0 Å². The van der Waals surface area contributed by atoms with Crippen molar-refractivity contribution in [2.75, 3.05) is 20.3 Å². The van der Waals surface area contributed by atoms with E-state index in [0.717, 1.165) is 27.6 Å². The van der Waals surface area contributed by atoms with Gasteiger partial charge in [0.2, 0.25) is 10.0 Å². The number of fused-ring (bicyclic) bond motifs is 2. The van der Waals surface area contributed by atoms with E-state index in [-0.39, 0.29) is 23.6 Å². The van der Waals surface area contributed by atoms with Crippen molar-refractivity contribution >= 4 is 32.5 Å². The van der Waals surface area contributed by atoms with Gasteiger partial charge >= 0.3 is 5.97 Å². The van der Waals surface area contributed by atoms with Crippen LogP contribution in [0.5, 0.6) is 5.75 Å². The van der Waals surface area contributed by atoms with E-state index in [1.807, 2.05) is 48.5 Å². The normalized spacial score (nSPS) is 15.6. The van der Waals surface area contributed by atoms with Crippen molar-refractivity contribution in [2.24, 2.45) is 0 Å². The van der Waals surface area contributed by atoms with Crippen LogP contribution in [-0.4, -0.2) is 44.7 Å². The van der Waals surface area contributed by atoms with Gasteiger partial charge in [0, 0.05) is 12.1 Å². The van der Waals surface area contributed by atoms with Crippen LogP contribution in [0.15, 0.2) is 95.9 Å². The number of ether oxygens (including phenoxy) is 2. The minimum atomic E-state index is -3.85. The predicted molar refractivity (Wildman–Crippen MR) is 144 cm³/mol. The molecule has 0 N–H and O–H groups in total. The Morgan fingerprint density at radius 1 is 0.895 bits per heavy atom. The lowest BCUT2D eigenvalue weighted by Crippen LogP contribution is -2.41. The number of Topliss-reactive ketones (excluding diaryl/α,β-unsaturated/α-hetero) is 1. The Hall–Kier alpha value is -4.01. The van der Waals surface area contributed by atoms with Gasteiger partial charge in [-0.15, -0.1) is 0 Å². The summed E-state index contributed by atoms with van der Waals surface area (Å²) in [5, 5.41) is 1.79. The van der Waals surface area contributed by atoms with Gasteiger partial charge in [-0.05, 0) is 58.7 Å². The maximum atomic E-state index is 13.5. The molecule has 5 rings (SSSR count). The highest BCUT2D eigenvalue weighted by atomic mass is 32.2. The van der Waals surface area contributed by atoms with Crippen molar-refractivity contribution < 1.29 is 27.5 Å². The molecule has 0 fully saturated rings. The molecule has 7 nitrogen and oxygen atoms in total. The van der Waals surface area contributed by atoms with Crippen molar-refractivity contribution in [3.8, 4) is 5.75 Å². The van der Waals surface area contributed by atoms with Crippen LogP contribution in [-0.2, 0) is 26.0 Å². The number of ketones is 1. The van der Waals surface area contributed by atoms with E-state index in [2.05, 4.69) is 0 Å². The summed E-state index contributed by atoms with van der Waals surface area (Å²) in [5.74, 6) is -0.258. The van der Waals surface area contributed by atoms with Gasteiger partial charge in [-0.2, -0.15) is 4.31 Å². The number of carbonyl (C=O) groups is 2. The maximum Gasteiger partial charge on any atom is 0.308 e. The first-order chi connectivity index (χ1) is 18.4. The van der Waals surface area contributed by atoms with Crippen LogP contribution in [0.2, 0.25) is 0 Å².